The number of alkyl halides is 3. The highest BCUT2D eigenvalue weighted by molar-refractivity contribution is 7.08. The van der Waals surface area contributed by atoms with Gasteiger partial charge in [0, 0.05) is 0 Å². The number of benzene rings is 1. The van der Waals surface area contributed by atoms with E-state index >= 15 is 0 Å². The third-order valence-electron chi connectivity index (χ3n) is 2.59. The van der Waals surface area contributed by atoms with E-state index in [1.54, 1.807) is 6.07 Å². The lowest BCUT2D eigenvalue weighted by molar-refractivity contribution is -0.137. The van der Waals surface area contributed by atoms with Crippen LogP contribution in [-0.2, 0) is 6.18 Å². The smallest absolute Gasteiger partial charge is 0.271 e. The second-order valence-electron chi connectivity index (χ2n) is 3.78. The number of halogens is 3. The van der Waals surface area contributed by atoms with Crippen LogP contribution in [0.15, 0.2) is 41.1 Å². The lowest BCUT2D eigenvalue weighted by Crippen LogP contribution is -2.28. The zero-order valence-electron chi connectivity index (χ0n) is 9.24. The molecule has 1 heterocycles. The molecule has 96 valence electrons. The number of rotatable bonds is 3. The van der Waals surface area contributed by atoms with Crippen LogP contribution >= 0.6 is 11.3 Å². The van der Waals surface area contributed by atoms with Crippen LogP contribution in [-0.4, -0.2) is 0 Å². The Morgan fingerprint density at radius 3 is 2.50 bits per heavy atom. The SMILES string of the molecule is NNC(c1ccsc1)c1cccc(C(F)(F)F)c1. The minimum absolute atomic E-state index is 0.432. The lowest BCUT2D eigenvalue weighted by atomic mass is 10.00. The highest BCUT2D eigenvalue weighted by Gasteiger charge is 2.31. The number of hydrogen-bond acceptors (Lipinski definition) is 3. The molecule has 18 heavy (non-hydrogen) atoms. The van der Waals surface area contributed by atoms with Gasteiger partial charge in [-0.3, -0.25) is 5.84 Å². The maximum atomic E-state index is 12.6. The molecule has 2 rings (SSSR count). The van der Waals surface area contributed by atoms with Crippen LogP contribution in [0.4, 0.5) is 13.2 Å². The van der Waals surface area contributed by atoms with Crippen molar-refractivity contribution in [3.05, 3.63) is 57.8 Å². The van der Waals surface area contributed by atoms with Crippen molar-refractivity contribution < 1.29 is 13.2 Å². The van der Waals surface area contributed by atoms with Gasteiger partial charge in [0.1, 0.15) is 0 Å². The second-order valence-corrected chi connectivity index (χ2v) is 4.56. The maximum Gasteiger partial charge on any atom is 0.416 e. The summed E-state index contributed by atoms with van der Waals surface area (Å²) in [5, 5.41) is 3.71. The third kappa shape index (κ3) is 2.72. The Bertz CT molecular complexity index is 508. The summed E-state index contributed by atoms with van der Waals surface area (Å²) in [5.74, 6) is 5.43. The Kier molecular flexibility index (Phi) is 3.70. The van der Waals surface area contributed by atoms with E-state index in [4.69, 9.17) is 5.84 Å². The van der Waals surface area contributed by atoms with Gasteiger partial charge in [-0.2, -0.15) is 24.5 Å². The molecule has 0 bridgehead atoms. The van der Waals surface area contributed by atoms with Crippen molar-refractivity contribution in [1.82, 2.24) is 5.43 Å². The van der Waals surface area contributed by atoms with Gasteiger partial charge in [-0.05, 0) is 40.1 Å². The Hall–Kier alpha value is -1.37. The standard InChI is InChI=1S/C12H11F3N2S/c13-12(14,15)10-3-1-2-8(6-10)11(17-16)9-4-5-18-7-9/h1-7,11,17H,16H2. The molecule has 0 saturated heterocycles. The number of nitrogens with two attached hydrogens (primary N) is 1. The molecule has 1 unspecified atom stereocenters. The van der Waals surface area contributed by atoms with Crippen molar-refractivity contribution in [3.8, 4) is 0 Å². The zero-order chi connectivity index (χ0) is 13.2. The largest absolute Gasteiger partial charge is 0.416 e. The van der Waals surface area contributed by atoms with E-state index < -0.39 is 17.8 Å². The molecule has 0 aliphatic heterocycles. The molecular weight excluding hydrogens is 261 g/mol. The highest BCUT2D eigenvalue weighted by atomic mass is 32.1. The molecule has 0 aliphatic carbocycles. The van der Waals surface area contributed by atoms with Gasteiger partial charge in [0.25, 0.3) is 0 Å². The highest BCUT2D eigenvalue weighted by Crippen LogP contribution is 2.32. The molecule has 0 radical (unpaired) electrons. The van der Waals surface area contributed by atoms with E-state index in [-0.39, 0.29) is 0 Å². The first-order valence-electron chi connectivity index (χ1n) is 5.18. The Labute approximate surface area is 106 Å². The van der Waals surface area contributed by atoms with Crippen molar-refractivity contribution in [2.75, 3.05) is 0 Å². The molecule has 1 aromatic carbocycles. The fourth-order valence-corrected chi connectivity index (χ4v) is 2.40. The average molecular weight is 272 g/mol. The Morgan fingerprint density at radius 2 is 1.94 bits per heavy atom. The van der Waals surface area contributed by atoms with E-state index in [2.05, 4.69) is 5.43 Å². The van der Waals surface area contributed by atoms with Gasteiger partial charge in [0.2, 0.25) is 0 Å². The summed E-state index contributed by atoms with van der Waals surface area (Å²) in [6, 6.07) is 6.56. The zero-order valence-corrected chi connectivity index (χ0v) is 10.1. The van der Waals surface area contributed by atoms with E-state index in [1.165, 1.54) is 17.4 Å². The molecule has 0 saturated carbocycles. The average Bonchev–Trinajstić information content (AvgIpc) is 2.83. The summed E-state index contributed by atoms with van der Waals surface area (Å²) in [5.41, 5.74) is 3.21. The van der Waals surface area contributed by atoms with Gasteiger partial charge in [-0.25, -0.2) is 5.43 Å². The minimum atomic E-state index is -4.34. The van der Waals surface area contributed by atoms with Crippen LogP contribution < -0.4 is 11.3 Å². The Morgan fingerprint density at radius 1 is 1.17 bits per heavy atom. The normalized spacial score (nSPS) is 13.6. The predicted molar refractivity (Wildman–Crippen MR) is 64.9 cm³/mol. The molecule has 0 spiro atoms. The summed E-state index contributed by atoms with van der Waals surface area (Å²) in [7, 11) is 0. The van der Waals surface area contributed by atoms with Crippen molar-refractivity contribution in [2.45, 2.75) is 12.2 Å². The van der Waals surface area contributed by atoms with Crippen molar-refractivity contribution in [2.24, 2.45) is 5.84 Å². The number of nitrogens with one attached hydrogen (secondary N) is 1. The molecule has 1 aromatic heterocycles. The fraction of sp³-hybridized carbons (Fsp3) is 0.167. The second kappa shape index (κ2) is 5.09. The molecule has 0 aliphatic rings. The monoisotopic (exact) mass is 272 g/mol. The van der Waals surface area contributed by atoms with Crippen LogP contribution in [0.2, 0.25) is 0 Å². The van der Waals surface area contributed by atoms with Crippen molar-refractivity contribution in [1.29, 1.82) is 0 Å². The predicted octanol–water partition coefficient (Wildman–Crippen LogP) is 3.32. The quantitative estimate of drug-likeness (QED) is 0.664. The van der Waals surface area contributed by atoms with Gasteiger partial charge in [0.05, 0.1) is 11.6 Å². The van der Waals surface area contributed by atoms with Crippen LogP contribution in [0.25, 0.3) is 0 Å². The summed E-state index contributed by atoms with van der Waals surface area (Å²) in [6.45, 7) is 0. The molecule has 2 aromatic rings. The van der Waals surface area contributed by atoms with E-state index in [9.17, 15) is 13.2 Å². The minimum Gasteiger partial charge on any atom is -0.271 e. The number of hydrazine groups is 1. The summed E-state index contributed by atoms with van der Waals surface area (Å²) in [6.07, 6.45) is -4.34. The Balaban J connectivity index is 2.38. The molecule has 2 nitrogen and oxygen atoms in total. The van der Waals surface area contributed by atoms with Gasteiger partial charge in [-0.1, -0.05) is 12.1 Å². The first-order chi connectivity index (χ1) is 8.52. The number of thiophene rings is 1. The summed E-state index contributed by atoms with van der Waals surface area (Å²) in [4.78, 5) is 0. The van der Waals surface area contributed by atoms with Crippen LogP contribution in [0.1, 0.15) is 22.7 Å². The van der Waals surface area contributed by atoms with E-state index in [0.717, 1.165) is 17.7 Å². The van der Waals surface area contributed by atoms with Gasteiger partial charge in [0.15, 0.2) is 0 Å². The van der Waals surface area contributed by atoms with Gasteiger partial charge in [-0.15, -0.1) is 0 Å². The summed E-state index contributed by atoms with van der Waals surface area (Å²) >= 11 is 1.47. The first kappa shape index (κ1) is 13.1. The van der Waals surface area contributed by atoms with E-state index in [1.807, 2.05) is 16.8 Å². The lowest BCUT2D eigenvalue weighted by Gasteiger charge is -2.17. The summed E-state index contributed by atoms with van der Waals surface area (Å²) < 4.78 is 37.9. The fourth-order valence-electron chi connectivity index (χ4n) is 1.72. The van der Waals surface area contributed by atoms with Gasteiger partial charge < -0.3 is 0 Å². The first-order valence-corrected chi connectivity index (χ1v) is 6.12. The molecule has 3 N–H and O–H groups in total. The molecule has 1 atom stereocenters. The van der Waals surface area contributed by atoms with Crippen molar-refractivity contribution >= 4 is 11.3 Å². The van der Waals surface area contributed by atoms with Crippen LogP contribution in [0.5, 0.6) is 0 Å². The molecule has 0 fully saturated rings. The maximum absolute atomic E-state index is 12.6. The molecule has 0 amide bonds. The van der Waals surface area contributed by atoms with Crippen LogP contribution in [0, 0.1) is 0 Å². The van der Waals surface area contributed by atoms with E-state index in [0.29, 0.717) is 5.56 Å². The molecular formula is C12H11F3N2S. The number of hydrogen-bond donors (Lipinski definition) is 2. The third-order valence-corrected chi connectivity index (χ3v) is 3.29. The topological polar surface area (TPSA) is 38.0 Å². The van der Waals surface area contributed by atoms with Crippen LogP contribution in [0.3, 0.4) is 0 Å². The van der Waals surface area contributed by atoms with Crippen molar-refractivity contribution in [3.63, 3.8) is 0 Å². The molecule has 6 heteroatoms. The van der Waals surface area contributed by atoms with Gasteiger partial charge >= 0.3 is 6.18 Å².